The van der Waals surface area contributed by atoms with Crippen molar-refractivity contribution in [3.63, 3.8) is 0 Å². The molecule has 0 saturated heterocycles. The number of carbonyl (C=O) groups excluding carboxylic acids is 2. The van der Waals surface area contributed by atoms with Crippen LogP contribution in [0.5, 0.6) is 0 Å². The van der Waals surface area contributed by atoms with Gasteiger partial charge in [0.25, 0.3) is 0 Å². The zero-order valence-corrected chi connectivity index (χ0v) is 10.3. The van der Waals surface area contributed by atoms with Gasteiger partial charge in [-0.25, -0.2) is 14.8 Å². The maximum atomic E-state index is 11.5. The molecule has 18 heavy (non-hydrogen) atoms. The van der Waals surface area contributed by atoms with Gasteiger partial charge in [0, 0.05) is 6.20 Å². The van der Waals surface area contributed by atoms with Crippen molar-refractivity contribution in [3.8, 4) is 0 Å². The van der Waals surface area contributed by atoms with Crippen LogP contribution < -0.4 is 11.1 Å². The number of nitrogens with one attached hydrogen (secondary N) is 1. The fourth-order valence-electron chi connectivity index (χ4n) is 1.23. The van der Waals surface area contributed by atoms with Gasteiger partial charge in [0.15, 0.2) is 6.04 Å². The van der Waals surface area contributed by atoms with Gasteiger partial charge in [-0.3, -0.25) is 4.79 Å². The number of ether oxygens (including phenoxy) is 1. The van der Waals surface area contributed by atoms with Crippen LogP contribution in [0.3, 0.4) is 0 Å². The molecule has 0 spiro atoms. The van der Waals surface area contributed by atoms with E-state index in [1.165, 1.54) is 0 Å². The molecule has 0 fully saturated rings. The number of aryl methyl sites for hydroxylation is 1. The minimum atomic E-state index is -1.31. The molecule has 98 valence electrons. The van der Waals surface area contributed by atoms with Crippen molar-refractivity contribution in [1.29, 1.82) is 0 Å². The number of amides is 1. The molecule has 7 heteroatoms. The third-order valence-electron chi connectivity index (χ3n) is 2.10. The number of carbonyl (C=O) groups is 2. The molecule has 1 heterocycles. The predicted molar refractivity (Wildman–Crippen MR) is 63.2 cm³/mol. The molecular formula is C11H16N4O3. The first kappa shape index (κ1) is 14.0. The molecule has 1 rings (SSSR count). The lowest BCUT2D eigenvalue weighted by molar-refractivity contribution is -0.148. The molecule has 3 N–H and O–H groups in total. The van der Waals surface area contributed by atoms with E-state index in [9.17, 15) is 9.59 Å². The quantitative estimate of drug-likeness (QED) is 0.529. The fourth-order valence-corrected chi connectivity index (χ4v) is 1.23. The molecule has 0 bridgehead atoms. The average molecular weight is 252 g/mol. The average Bonchev–Trinajstić information content (AvgIpc) is 2.35. The Morgan fingerprint density at radius 1 is 1.56 bits per heavy atom. The second kappa shape index (κ2) is 6.65. The zero-order valence-electron chi connectivity index (χ0n) is 10.3. The first-order chi connectivity index (χ1) is 8.54. The Bertz CT molecular complexity index is 436. The largest absolute Gasteiger partial charge is 0.464 e. The summed E-state index contributed by atoms with van der Waals surface area (Å²) in [4.78, 5) is 30.8. The van der Waals surface area contributed by atoms with Crippen LogP contribution in [0.4, 0.5) is 0 Å². The summed E-state index contributed by atoms with van der Waals surface area (Å²) in [6, 6.07) is 0.358. The topological polar surface area (TPSA) is 107 Å². The number of nitrogens with zero attached hydrogens (tertiary/aromatic N) is 2. The summed E-state index contributed by atoms with van der Waals surface area (Å²) in [5.74, 6) is -0.727. The summed E-state index contributed by atoms with van der Waals surface area (Å²) in [6.45, 7) is 3.77. The third-order valence-corrected chi connectivity index (χ3v) is 2.10. The van der Waals surface area contributed by atoms with E-state index < -0.39 is 17.9 Å². The molecule has 0 aliphatic rings. The minimum absolute atomic E-state index is 0.185. The Hall–Kier alpha value is -2.02. The Morgan fingerprint density at radius 3 is 2.89 bits per heavy atom. The second-order valence-electron chi connectivity index (χ2n) is 3.54. The smallest absolute Gasteiger partial charge is 0.332 e. The van der Waals surface area contributed by atoms with Crippen molar-refractivity contribution in [1.82, 2.24) is 15.3 Å². The van der Waals surface area contributed by atoms with Crippen LogP contribution in [0.15, 0.2) is 12.3 Å². The van der Waals surface area contributed by atoms with Gasteiger partial charge in [0.05, 0.1) is 18.8 Å². The summed E-state index contributed by atoms with van der Waals surface area (Å²) in [7, 11) is 0. The number of hydrogen-bond donors (Lipinski definition) is 2. The summed E-state index contributed by atoms with van der Waals surface area (Å²) < 4.78 is 4.65. The van der Waals surface area contributed by atoms with Gasteiger partial charge in [0.2, 0.25) is 5.91 Å². The van der Waals surface area contributed by atoms with E-state index in [0.29, 0.717) is 11.5 Å². The highest BCUT2D eigenvalue weighted by molar-refractivity contribution is 6.01. The monoisotopic (exact) mass is 252 g/mol. The van der Waals surface area contributed by atoms with Crippen molar-refractivity contribution >= 4 is 11.9 Å². The maximum Gasteiger partial charge on any atom is 0.332 e. The highest BCUT2D eigenvalue weighted by Crippen LogP contribution is 1.94. The second-order valence-corrected chi connectivity index (χ2v) is 3.54. The van der Waals surface area contributed by atoms with Gasteiger partial charge >= 0.3 is 5.97 Å². The Kier molecular flexibility index (Phi) is 5.19. The van der Waals surface area contributed by atoms with Crippen LogP contribution in [0.2, 0.25) is 0 Å². The summed E-state index contributed by atoms with van der Waals surface area (Å²) >= 11 is 0. The third kappa shape index (κ3) is 4.10. The molecule has 1 unspecified atom stereocenters. The van der Waals surface area contributed by atoms with E-state index in [2.05, 4.69) is 20.0 Å². The molecule has 7 nitrogen and oxygen atoms in total. The Morgan fingerprint density at radius 2 is 2.28 bits per heavy atom. The first-order valence-corrected chi connectivity index (χ1v) is 5.53. The van der Waals surface area contributed by atoms with E-state index in [1.807, 2.05) is 0 Å². The van der Waals surface area contributed by atoms with E-state index in [-0.39, 0.29) is 13.2 Å². The lowest BCUT2D eigenvalue weighted by Gasteiger charge is -2.10. The zero-order chi connectivity index (χ0) is 13.5. The van der Waals surface area contributed by atoms with Gasteiger partial charge in [-0.15, -0.1) is 0 Å². The van der Waals surface area contributed by atoms with Crippen molar-refractivity contribution in [3.05, 3.63) is 23.8 Å². The van der Waals surface area contributed by atoms with E-state index in [0.717, 1.165) is 0 Å². The maximum absolute atomic E-state index is 11.5. The van der Waals surface area contributed by atoms with Gasteiger partial charge < -0.3 is 15.8 Å². The molecule has 1 aromatic rings. The number of hydrogen-bond acceptors (Lipinski definition) is 6. The molecule has 0 aromatic carbocycles. The molecule has 1 amide bonds. The van der Waals surface area contributed by atoms with E-state index in [4.69, 9.17) is 5.73 Å². The summed E-state index contributed by atoms with van der Waals surface area (Å²) in [5, 5.41) is 2.51. The van der Waals surface area contributed by atoms with Crippen LogP contribution in [-0.2, 0) is 20.9 Å². The molecule has 1 atom stereocenters. The minimum Gasteiger partial charge on any atom is -0.464 e. The molecule has 0 saturated carbocycles. The van der Waals surface area contributed by atoms with Crippen LogP contribution in [-0.4, -0.2) is 34.5 Å². The van der Waals surface area contributed by atoms with E-state index >= 15 is 0 Å². The molecule has 0 aliphatic carbocycles. The molecular weight excluding hydrogens is 236 g/mol. The molecule has 0 aliphatic heterocycles. The van der Waals surface area contributed by atoms with Crippen molar-refractivity contribution in [2.45, 2.75) is 26.4 Å². The standard InChI is InChI=1S/C11H16N4O3/c1-3-18-11(17)9(12)10(16)14-6-8-4-5-13-7(2)15-8/h4-5,9H,3,6,12H2,1-2H3,(H,14,16). The highest BCUT2D eigenvalue weighted by atomic mass is 16.5. The van der Waals surface area contributed by atoms with Crippen molar-refractivity contribution < 1.29 is 14.3 Å². The fraction of sp³-hybridized carbons (Fsp3) is 0.455. The van der Waals surface area contributed by atoms with Crippen LogP contribution >= 0.6 is 0 Å². The van der Waals surface area contributed by atoms with Gasteiger partial charge in [-0.1, -0.05) is 0 Å². The van der Waals surface area contributed by atoms with Gasteiger partial charge in [0.1, 0.15) is 5.82 Å². The number of aromatic nitrogens is 2. The highest BCUT2D eigenvalue weighted by Gasteiger charge is 2.22. The number of nitrogens with two attached hydrogens (primary N) is 1. The Balaban J connectivity index is 2.48. The summed E-state index contributed by atoms with van der Waals surface area (Å²) in [5.41, 5.74) is 6.07. The van der Waals surface area contributed by atoms with Crippen LogP contribution in [0, 0.1) is 6.92 Å². The van der Waals surface area contributed by atoms with Crippen molar-refractivity contribution in [2.75, 3.05) is 6.61 Å². The van der Waals surface area contributed by atoms with Gasteiger partial charge in [-0.2, -0.15) is 0 Å². The predicted octanol–water partition coefficient (Wildman–Crippen LogP) is -0.708. The SMILES string of the molecule is CCOC(=O)C(N)C(=O)NCc1ccnc(C)n1. The molecule has 0 radical (unpaired) electrons. The van der Waals surface area contributed by atoms with Crippen LogP contribution in [0.25, 0.3) is 0 Å². The number of esters is 1. The number of rotatable bonds is 5. The van der Waals surface area contributed by atoms with Crippen LogP contribution in [0.1, 0.15) is 18.4 Å². The van der Waals surface area contributed by atoms with E-state index in [1.54, 1.807) is 26.1 Å². The van der Waals surface area contributed by atoms with Gasteiger partial charge in [-0.05, 0) is 19.9 Å². The lowest BCUT2D eigenvalue weighted by atomic mass is 10.3. The van der Waals surface area contributed by atoms with Crippen molar-refractivity contribution in [2.24, 2.45) is 5.73 Å². The Labute approximate surface area is 105 Å². The first-order valence-electron chi connectivity index (χ1n) is 5.53. The normalized spacial score (nSPS) is 11.7. The summed E-state index contributed by atoms with van der Waals surface area (Å²) in [6.07, 6.45) is 1.59. The lowest BCUT2D eigenvalue weighted by Crippen LogP contribution is -2.46. The molecule has 1 aromatic heterocycles.